The summed E-state index contributed by atoms with van der Waals surface area (Å²) in [6, 6.07) is 2.89. The van der Waals surface area contributed by atoms with E-state index < -0.39 is 6.43 Å². The Morgan fingerprint density at radius 2 is 1.94 bits per heavy atom. The monoisotopic (exact) mass is 230 g/mol. The molecule has 0 unspecified atom stereocenters. The van der Waals surface area contributed by atoms with E-state index in [1.54, 1.807) is 6.07 Å². The van der Waals surface area contributed by atoms with E-state index >= 15 is 0 Å². The van der Waals surface area contributed by atoms with E-state index in [0.29, 0.717) is 29.9 Å². The van der Waals surface area contributed by atoms with Crippen LogP contribution < -0.4 is 9.47 Å². The summed E-state index contributed by atoms with van der Waals surface area (Å²) in [6.07, 6.45) is -1.67. The fourth-order valence-electron chi connectivity index (χ4n) is 1.69. The lowest BCUT2D eigenvalue weighted by molar-refractivity contribution is 0.149. The van der Waals surface area contributed by atoms with Crippen molar-refractivity contribution in [1.82, 2.24) is 0 Å². The summed E-state index contributed by atoms with van der Waals surface area (Å²) in [7, 11) is 0. The maximum Gasteiger partial charge on any atom is 0.264 e. The van der Waals surface area contributed by atoms with Crippen LogP contribution in [-0.4, -0.2) is 18.5 Å². The zero-order valence-electron chi connectivity index (χ0n) is 8.58. The highest BCUT2D eigenvalue weighted by molar-refractivity contribution is 5.49. The number of benzene rings is 1. The number of ether oxygens (including phenoxy) is 2. The summed E-state index contributed by atoms with van der Waals surface area (Å²) >= 11 is 0. The Hall–Kier alpha value is -1.36. The molecule has 16 heavy (non-hydrogen) atoms. The second-order valence-electron chi connectivity index (χ2n) is 3.53. The van der Waals surface area contributed by atoms with Crippen LogP contribution in [0.25, 0.3) is 0 Å². The number of alkyl halides is 2. The molecule has 2 rings (SSSR count). The van der Waals surface area contributed by atoms with E-state index in [1.165, 1.54) is 6.07 Å². The number of halogens is 2. The van der Waals surface area contributed by atoms with Crippen molar-refractivity contribution in [2.24, 2.45) is 0 Å². The van der Waals surface area contributed by atoms with Gasteiger partial charge in [0.2, 0.25) is 6.79 Å². The topological polar surface area (TPSA) is 38.7 Å². The summed E-state index contributed by atoms with van der Waals surface area (Å²) in [5, 5.41) is 8.71. The molecule has 0 aromatic heterocycles. The Balaban J connectivity index is 2.32. The predicted molar refractivity (Wildman–Crippen MR) is 52.9 cm³/mol. The molecule has 5 heteroatoms. The van der Waals surface area contributed by atoms with Crippen molar-refractivity contribution in [3.05, 3.63) is 23.3 Å². The maximum absolute atomic E-state index is 12.8. The van der Waals surface area contributed by atoms with E-state index in [4.69, 9.17) is 14.6 Å². The minimum atomic E-state index is -2.54. The van der Waals surface area contributed by atoms with Crippen LogP contribution in [0.5, 0.6) is 11.5 Å². The molecule has 0 spiro atoms. The molecular weight excluding hydrogens is 218 g/mol. The standard InChI is InChI=1S/C11H12F2O3/c12-11(13)8-5-10-9(15-6-16-10)4-7(8)2-1-3-14/h4-5,11,14H,1-3,6H2. The molecule has 0 radical (unpaired) electrons. The summed E-state index contributed by atoms with van der Waals surface area (Å²) in [6.45, 7) is 0.0542. The van der Waals surface area contributed by atoms with Crippen LogP contribution >= 0.6 is 0 Å². The highest BCUT2D eigenvalue weighted by atomic mass is 19.3. The van der Waals surface area contributed by atoms with Gasteiger partial charge in [0.1, 0.15) is 0 Å². The summed E-state index contributed by atoms with van der Waals surface area (Å²) in [5.74, 6) is 0.861. The smallest absolute Gasteiger partial charge is 0.264 e. The molecule has 0 amide bonds. The van der Waals surface area contributed by atoms with E-state index in [-0.39, 0.29) is 19.0 Å². The molecule has 3 nitrogen and oxygen atoms in total. The first-order valence-electron chi connectivity index (χ1n) is 5.04. The van der Waals surface area contributed by atoms with Crippen molar-refractivity contribution in [2.75, 3.05) is 13.4 Å². The molecule has 0 bridgehead atoms. The van der Waals surface area contributed by atoms with Crippen LogP contribution in [0.1, 0.15) is 24.0 Å². The molecule has 1 aliphatic heterocycles. The normalized spacial score (nSPS) is 13.5. The van der Waals surface area contributed by atoms with E-state index in [2.05, 4.69) is 0 Å². The SMILES string of the molecule is OCCCc1cc2c(cc1C(F)F)OCO2. The second kappa shape index (κ2) is 4.65. The minimum Gasteiger partial charge on any atom is -0.454 e. The predicted octanol–water partition coefficient (Wildman–Crippen LogP) is 2.28. The van der Waals surface area contributed by atoms with Crippen LogP contribution in [0, 0.1) is 0 Å². The van der Waals surface area contributed by atoms with Crippen LogP contribution in [0.3, 0.4) is 0 Å². The van der Waals surface area contributed by atoms with Crippen LogP contribution in [0.15, 0.2) is 12.1 Å². The Kier molecular flexibility index (Phi) is 3.24. The van der Waals surface area contributed by atoms with E-state index in [0.717, 1.165) is 0 Å². The molecule has 88 valence electrons. The van der Waals surface area contributed by atoms with Crippen molar-refractivity contribution >= 4 is 0 Å². The number of hydrogen-bond acceptors (Lipinski definition) is 3. The fraction of sp³-hybridized carbons (Fsp3) is 0.455. The molecule has 1 aromatic rings. The highest BCUT2D eigenvalue weighted by Gasteiger charge is 2.21. The van der Waals surface area contributed by atoms with Gasteiger partial charge in [-0.05, 0) is 30.5 Å². The van der Waals surface area contributed by atoms with Gasteiger partial charge in [0.25, 0.3) is 6.43 Å². The number of aliphatic hydroxyl groups excluding tert-OH is 1. The lowest BCUT2D eigenvalue weighted by Gasteiger charge is -2.09. The van der Waals surface area contributed by atoms with Gasteiger partial charge in [-0.15, -0.1) is 0 Å². The van der Waals surface area contributed by atoms with Gasteiger partial charge in [0.15, 0.2) is 11.5 Å². The molecule has 1 N–H and O–H groups in total. The van der Waals surface area contributed by atoms with Gasteiger partial charge in [-0.1, -0.05) is 0 Å². The van der Waals surface area contributed by atoms with Crippen LogP contribution in [-0.2, 0) is 6.42 Å². The third-order valence-corrected chi connectivity index (χ3v) is 2.47. The number of hydrogen-bond donors (Lipinski definition) is 1. The molecule has 1 aliphatic rings. The Morgan fingerprint density at radius 1 is 1.25 bits per heavy atom. The fourth-order valence-corrected chi connectivity index (χ4v) is 1.69. The second-order valence-corrected chi connectivity index (χ2v) is 3.53. The lowest BCUT2D eigenvalue weighted by Crippen LogP contribution is -1.97. The number of fused-ring (bicyclic) bond motifs is 1. The lowest BCUT2D eigenvalue weighted by atomic mass is 10.0. The van der Waals surface area contributed by atoms with Crippen molar-refractivity contribution in [1.29, 1.82) is 0 Å². The zero-order chi connectivity index (χ0) is 11.5. The summed E-state index contributed by atoms with van der Waals surface area (Å²) in [4.78, 5) is 0. The summed E-state index contributed by atoms with van der Waals surface area (Å²) in [5.41, 5.74) is 0.464. The average Bonchev–Trinajstić information content (AvgIpc) is 2.71. The average molecular weight is 230 g/mol. The van der Waals surface area contributed by atoms with Gasteiger partial charge in [0.05, 0.1) is 0 Å². The molecule has 0 fully saturated rings. The zero-order valence-corrected chi connectivity index (χ0v) is 8.58. The highest BCUT2D eigenvalue weighted by Crippen LogP contribution is 2.38. The van der Waals surface area contributed by atoms with Crippen LogP contribution in [0.2, 0.25) is 0 Å². The molecule has 0 atom stereocenters. The van der Waals surface area contributed by atoms with Gasteiger partial charge < -0.3 is 14.6 Å². The number of aliphatic hydroxyl groups is 1. The summed E-state index contributed by atoms with van der Waals surface area (Å²) < 4.78 is 35.7. The minimum absolute atomic E-state index is 0.0167. The first-order chi connectivity index (χ1) is 7.72. The van der Waals surface area contributed by atoms with Gasteiger partial charge >= 0.3 is 0 Å². The molecule has 0 saturated heterocycles. The van der Waals surface area contributed by atoms with Gasteiger partial charge in [-0.3, -0.25) is 0 Å². The first-order valence-corrected chi connectivity index (χ1v) is 5.04. The number of aryl methyl sites for hydroxylation is 1. The first kappa shape index (κ1) is 11.1. The quantitative estimate of drug-likeness (QED) is 0.862. The van der Waals surface area contributed by atoms with Crippen LogP contribution in [0.4, 0.5) is 8.78 Å². The molecule has 0 saturated carbocycles. The molecule has 1 aromatic carbocycles. The third kappa shape index (κ3) is 2.09. The van der Waals surface area contributed by atoms with Crippen molar-refractivity contribution in [2.45, 2.75) is 19.3 Å². The van der Waals surface area contributed by atoms with E-state index in [9.17, 15) is 8.78 Å². The van der Waals surface area contributed by atoms with Crippen molar-refractivity contribution in [3.63, 3.8) is 0 Å². The molecule has 1 heterocycles. The molecule has 0 aliphatic carbocycles. The van der Waals surface area contributed by atoms with Gasteiger partial charge in [-0.25, -0.2) is 8.78 Å². The Labute approximate surface area is 91.6 Å². The van der Waals surface area contributed by atoms with Crippen molar-refractivity contribution in [3.8, 4) is 11.5 Å². The largest absolute Gasteiger partial charge is 0.454 e. The van der Waals surface area contributed by atoms with E-state index in [1.807, 2.05) is 0 Å². The Morgan fingerprint density at radius 3 is 2.56 bits per heavy atom. The molecular formula is C11H12F2O3. The maximum atomic E-state index is 12.8. The van der Waals surface area contributed by atoms with Crippen molar-refractivity contribution < 1.29 is 23.4 Å². The Bertz CT molecular complexity index is 380. The number of rotatable bonds is 4. The van der Waals surface area contributed by atoms with Gasteiger partial charge in [0, 0.05) is 12.2 Å². The third-order valence-electron chi connectivity index (χ3n) is 2.47. The van der Waals surface area contributed by atoms with Gasteiger partial charge in [-0.2, -0.15) is 0 Å².